The summed E-state index contributed by atoms with van der Waals surface area (Å²) in [4.78, 5) is 0. The topological polar surface area (TPSA) is 50.7 Å². The third kappa shape index (κ3) is 8.18. The first-order valence-corrected chi connectivity index (χ1v) is 4.57. The molecule has 0 heterocycles. The molecule has 2 N–H and O–H groups in total. The third-order valence-corrected chi connectivity index (χ3v) is 1.76. The zero-order chi connectivity index (χ0) is 10.2. The van der Waals surface area contributed by atoms with E-state index in [0.29, 0.717) is 13.2 Å². The number of aliphatic hydroxyl groups is 1. The van der Waals surface area contributed by atoms with E-state index in [0.717, 1.165) is 13.1 Å². The highest BCUT2D eigenvalue weighted by Gasteiger charge is 2.14. The molecule has 0 atom stereocenters. The van der Waals surface area contributed by atoms with Crippen LogP contribution < -0.4 is 5.32 Å². The molecule has 0 spiro atoms. The molecule has 0 aliphatic rings. The largest absolute Gasteiger partial charge is 0.394 e. The van der Waals surface area contributed by atoms with Gasteiger partial charge in [-0.05, 0) is 13.8 Å². The van der Waals surface area contributed by atoms with Gasteiger partial charge >= 0.3 is 0 Å². The van der Waals surface area contributed by atoms with Gasteiger partial charge in [-0.15, -0.1) is 0 Å². The minimum Gasteiger partial charge on any atom is -0.394 e. The van der Waals surface area contributed by atoms with Crippen molar-refractivity contribution < 1.29 is 14.6 Å². The van der Waals surface area contributed by atoms with E-state index in [1.54, 1.807) is 7.11 Å². The van der Waals surface area contributed by atoms with Gasteiger partial charge in [0.2, 0.25) is 0 Å². The molecule has 80 valence electrons. The standard InChI is InChI=1S/C9H21NO3/c1-9(2,12-3)8-10-4-6-13-7-5-11/h10-11H,4-8H2,1-3H3. The van der Waals surface area contributed by atoms with Crippen LogP contribution in [0.2, 0.25) is 0 Å². The zero-order valence-corrected chi connectivity index (χ0v) is 8.80. The molecular weight excluding hydrogens is 170 g/mol. The quantitative estimate of drug-likeness (QED) is 0.531. The van der Waals surface area contributed by atoms with Crippen LogP contribution in [0.3, 0.4) is 0 Å². The molecule has 0 aromatic carbocycles. The van der Waals surface area contributed by atoms with Gasteiger partial charge in [-0.3, -0.25) is 0 Å². The summed E-state index contributed by atoms with van der Waals surface area (Å²) in [7, 11) is 1.70. The number of methoxy groups -OCH3 is 1. The molecule has 0 saturated carbocycles. The van der Waals surface area contributed by atoms with E-state index >= 15 is 0 Å². The third-order valence-electron chi connectivity index (χ3n) is 1.76. The molecule has 0 amide bonds. The first kappa shape index (κ1) is 12.8. The van der Waals surface area contributed by atoms with Crippen molar-refractivity contribution in [1.82, 2.24) is 5.32 Å². The summed E-state index contributed by atoms with van der Waals surface area (Å²) in [6, 6.07) is 0. The SMILES string of the molecule is COC(C)(C)CNCCOCCO. The summed E-state index contributed by atoms with van der Waals surface area (Å²) in [6.45, 7) is 6.75. The van der Waals surface area contributed by atoms with Crippen LogP contribution >= 0.6 is 0 Å². The van der Waals surface area contributed by atoms with Crippen LogP contribution in [0.1, 0.15) is 13.8 Å². The van der Waals surface area contributed by atoms with Gasteiger partial charge in [0.05, 0.1) is 25.4 Å². The van der Waals surface area contributed by atoms with Gasteiger partial charge in [-0.2, -0.15) is 0 Å². The second kappa shape index (κ2) is 7.26. The predicted molar refractivity (Wildman–Crippen MR) is 51.9 cm³/mol. The lowest BCUT2D eigenvalue weighted by molar-refractivity contribution is 0.0208. The summed E-state index contributed by atoms with van der Waals surface area (Å²) < 4.78 is 10.3. The lowest BCUT2D eigenvalue weighted by atomic mass is 10.1. The molecule has 0 radical (unpaired) electrons. The number of hydrogen-bond donors (Lipinski definition) is 2. The Morgan fingerprint density at radius 2 is 2.00 bits per heavy atom. The smallest absolute Gasteiger partial charge is 0.0746 e. The van der Waals surface area contributed by atoms with Crippen molar-refractivity contribution in [3.63, 3.8) is 0 Å². The Morgan fingerprint density at radius 3 is 2.54 bits per heavy atom. The van der Waals surface area contributed by atoms with Gasteiger partial charge in [-0.1, -0.05) is 0 Å². The van der Waals surface area contributed by atoms with E-state index < -0.39 is 0 Å². The predicted octanol–water partition coefficient (Wildman–Crippen LogP) is 0.00990. The van der Waals surface area contributed by atoms with Gasteiger partial charge in [0.15, 0.2) is 0 Å². The van der Waals surface area contributed by atoms with Crippen molar-refractivity contribution in [2.45, 2.75) is 19.4 Å². The van der Waals surface area contributed by atoms with E-state index in [9.17, 15) is 0 Å². The second-order valence-electron chi connectivity index (χ2n) is 3.48. The lowest BCUT2D eigenvalue weighted by Crippen LogP contribution is -2.38. The van der Waals surface area contributed by atoms with Gasteiger partial charge < -0.3 is 19.9 Å². The fourth-order valence-electron chi connectivity index (χ4n) is 0.773. The Hall–Kier alpha value is -0.160. The minimum absolute atomic E-state index is 0.0869. The molecular formula is C9H21NO3. The molecule has 0 unspecified atom stereocenters. The monoisotopic (exact) mass is 191 g/mol. The summed E-state index contributed by atoms with van der Waals surface area (Å²) in [5.41, 5.74) is -0.128. The summed E-state index contributed by atoms with van der Waals surface area (Å²) in [6.07, 6.45) is 0. The van der Waals surface area contributed by atoms with Gasteiger partial charge in [0, 0.05) is 20.2 Å². The number of rotatable bonds is 8. The maximum Gasteiger partial charge on any atom is 0.0746 e. The van der Waals surface area contributed by atoms with Crippen LogP contribution in [0.5, 0.6) is 0 Å². The molecule has 0 aliphatic carbocycles. The number of ether oxygens (including phenoxy) is 2. The van der Waals surface area contributed by atoms with Crippen LogP contribution in [0.25, 0.3) is 0 Å². The minimum atomic E-state index is -0.128. The second-order valence-corrected chi connectivity index (χ2v) is 3.48. The average molecular weight is 191 g/mol. The lowest BCUT2D eigenvalue weighted by Gasteiger charge is -2.23. The molecule has 0 bridgehead atoms. The van der Waals surface area contributed by atoms with Crippen LogP contribution in [0.15, 0.2) is 0 Å². The number of aliphatic hydroxyl groups excluding tert-OH is 1. The van der Waals surface area contributed by atoms with Crippen molar-refractivity contribution >= 4 is 0 Å². The molecule has 0 saturated heterocycles. The normalized spacial score (nSPS) is 12.0. The van der Waals surface area contributed by atoms with Gasteiger partial charge in [-0.25, -0.2) is 0 Å². The first-order valence-electron chi connectivity index (χ1n) is 4.57. The fraction of sp³-hybridized carbons (Fsp3) is 1.00. The Balaban J connectivity index is 3.16. The number of nitrogens with one attached hydrogen (secondary N) is 1. The molecule has 4 nitrogen and oxygen atoms in total. The Kier molecular flexibility index (Phi) is 7.17. The molecule has 0 fully saturated rings. The number of hydrogen-bond acceptors (Lipinski definition) is 4. The van der Waals surface area contributed by atoms with Crippen molar-refractivity contribution in [3.8, 4) is 0 Å². The van der Waals surface area contributed by atoms with Crippen molar-refractivity contribution in [1.29, 1.82) is 0 Å². The van der Waals surface area contributed by atoms with E-state index in [-0.39, 0.29) is 12.2 Å². The summed E-state index contributed by atoms with van der Waals surface area (Å²) in [5, 5.41) is 11.6. The van der Waals surface area contributed by atoms with Crippen LogP contribution in [-0.4, -0.2) is 50.7 Å². The van der Waals surface area contributed by atoms with Crippen LogP contribution in [-0.2, 0) is 9.47 Å². The van der Waals surface area contributed by atoms with Crippen molar-refractivity contribution in [2.24, 2.45) is 0 Å². The Morgan fingerprint density at radius 1 is 1.31 bits per heavy atom. The highest BCUT2D eigenvalue weighted by atomic mass is 16.5. The molecule has 0 aliphatic heterocycles. The van der Waals surface area contributed by atoms with E-state index in [1.807, 2.05) is 13.8 Å². The molecule has 0 rings (SSSR count). The average Bonchev–Trinajstić information content (AvgIpc) is 2.11. The van der Waals surface area contributed by atoms with Crippen LogP contribution in [0.4, 0.5) is 0 Å². The Labute approximate surface area is 80.2 Å². The van der Waals surface area contributed by atoms with Gasteiger partial charge in [0.1, 0.15) is 0 Å². The van der Waals surface area contributed by atoms with E-state index in [1.165, 1.54) is 0 Å². The summed E-state index contributed by atoms with van der Waals surface area (Å²) in [5.74, 6) is 0. The maximum absolute atomic E-state index is 8.42. The molecule has 4 heteroatoms. The molecule has 0 aromatic heterocycles. The highest BCUT2D eigenvalue weighted by molar-refractivity contribution is 4.70. The van der Waals surface area contributed by atoms with E-state index in [4.69, 9.17) is 14.6 Å². The van der Waals surface area contributed by atoms with Crippen molar-refractivity contribution in [3.05, 3.63) is 0 Å². The first-order chi connectivity index (χ1) is 6.12. The fourth-order valence-corrected chi connectivity index (χ4v) is 0.773. The highest BCUT2D eigenvalue weighted by Crippen LogP contribution is 2.03. The van der Waals surface area contributed by atoms with Crippen molar-refractivity contribution in [2.75, 3.05) is 40.0 Å². The Bertz CT molecular complexity index is 117. The zero-order valence-electron chi connectivity index (χ0n) is 8.80. The molecule has 0 aromatic rings. The van der Waals surface area contributed by atoms with E-state index in [2.05, 4.69) is 5.32 Å². The van der Waals surface area contributed by atoms with Gasteiger partial charge in [0.25, 0.3) is 0 Å². The maximum atomic E-state index is 8.42. The van der Waals surface area contributed by atoms with Crippen LogP contribution in [0, 0.1) is 0 Å². The molecule has 13 heavy (non-hydrogen) atoms. The summed E-state index contributed by atoms with van der Waals surface area (Å²) >= 11 is 0.